The van der Waals surface area contributed by atoms with Crippen molar-refractivity contribution in [1.29, 1.82) is 0 Å². The highest BCUT2D eigenvalue weighted by Gasteiger charge is 2.15. The molecule has 0 fully saturated rings. The molecule has 3 rings (SSSR count). The average Bonchev–Trinajstić information content (AvgIpc) is 3.32. The molecular weight excluding hydrogens is 396 g/mol. The summed E-state index contributed by atoms with van der Waals surface area (Å²) in [4.78, 5) is 15.5. The van der Waals surface area contributed by atoms with Crippen molar-refractivity contribution < 1.29 is 18.8 Å². The molecule has 0 N–H and O–H groups in total. The van der Waals surface area contributed by atoms with Crippen LogP contribution in [-0.4, -0.2) is 36.1 Å². The van der Waals surface area contributed by atoms with Crippen LogP contribution in [0.1, 0.15) is 19.6 Å². The maximum absolute atomic E-state index is 10.8. The molecule has 0 atom stereocenters. The Morgan fingerprint density at radius 2 is 2.03 bits per heavy atom. The van der Waals surface area contributed by atoms with Gasteiger partial charge in [0.2, 0.25) is 4.80 Å². The van der Waals surface area contributed by atoms with E-state index in [9.17, 15) is 10.1 Å². The van der Waals surface area contributed by atoms with Gasteiger partial charge in [0.25, 0.3) is 0 Å². The predicted molar refractivity (Wildman–Crippen MR) is 110 cm³/mol. The van der Waals surface area contributed by atoms with Gasteiger partial charge in [-0.1, -0.05) is 0 Å². The summed E-state index contributed by atoms with van der Waals surface area (Å²) in [6, 6.07) is 8.30. The Morgan fingerprint density at radius 3 is 2.66 bits per heavy atom. The Morgan fingerprint density at radius 1 is 1.24 bits per heavy atom. The smallest absolute Gasteiger partial charge is 0.433 e. The molecule has 0 saturated carbocycles. The van der Waals surface area contributed by atoms with Crippen LogP contribution in [0.3, 0.4) is 0 Å². The van der Waals surface area contributed by atoms with Crippen LogP contribution in [0.2, 0.25) is 0 Å². The van der Waals surface area contributed by atoms with Gasteiger partial charge in [0.15, 0.2) is 5.76 Å². The molecule has 0 radical (unpaired) electrons. The van der Waals surface area contributed by atoms with Gasteiger partial charge in [-0.05, 0) is 38.1 Å². The van der Waals surface area contributed by atoms with Crippen LogP contribution >= 0.6 is 11.3 Å². The highest BCUT2D eigenvalue weighted by atomic mass is 32.1. The molecule has 29 heavy (non-hydrogen) atoms. The lowest BCUT2D eigenvalue weighted by molar-refractivity contribution is -0.402. The topological polar surface area (TPSA) is 104 Å². The fourth-order valence-electron chi connectivity index (χ4n) is 2.55. The van der Waals surface area contributed by atoms with Gasteiger partial charge in [0, 0.05) is 17.0 Å². The van der Waals surface area contributed by atoms with Crippen LogP contribution in [-0.2, 0) is 0 Å². The Labute approximate surface area is 170 Å². The summed E-state index contributed by atoms with van der Waals surface area (Å²) >= 11 is 1.42. The SMILES string of the molecule is COc1ccc(OC)c(-c2csc(=NC(C)C)n2N=Cc2ccc([N+](=O)[O-])o2)c1. The molecule has 0 aliphatic carbocycles. The van der Waals surface area contributed by atoms with Crippen molar-refractivity contribution in [1.82, 2.24) is 4.68 Å². The molecule has 2 aromatic heterocycles. The largest absolute Gasteiger partial charge is 0.497 e. The molecule has 0 amide bonds. The lowest BCUT2D eigenvalue weighted by Crippen LogP contribution is -2.14. The average molecular weight is 416 g/mol. The first-order valence-corrected chi connectivity index (χ1v) is 9.56. The zero-order chi connectivity index (χ0) is 21.0. The van der Waals surface area contributed by atoms with Gasteiger partial charge in [-0.15, -0.1) is 11.3 Å². The van der Waals surface area contributed by atoms with Crippen LogP contribution in [0, 0.1) is 10.1 Å². The number of nitro groups is 1. The number of rotatable bonds is 7. The van der Waals surface area contributed by atoms with E-state index in [4.69, 9.17) is 13.9 Å². The second kappa shape index (κ2) is 8.74. The predicted octanol–water partition coefficient (Wildman–Crippen LogP) is 3.93. The van der Waals surface area contributed by atoms with Gasteiger partial charge < -0.3 is 13.9 Å². The number of ether oxygens (including phenoxy) is 2. The van der Waals surface area contributed by atoms with Crippen molar-refractivity contribution in [3.63, 3.8) is 0 Å². The Balaban J connectivity index is 2.13. The van der Waals surface area contributed by atoms with Crippen LogP contribution in [0.5, 0.6) is 11.5 Å². The zero-order valence-corrected chi connectivity index (χ0v) is 17.2. The molecule has 0 bridgehead atoms. The van der Waals surface area contributed by atoms with E-state index in [2.05, 4.69) is 10.1 Å². The first-order chi connectivity index (χ1) is 13.9. The molecule has 0 saturated heterocycles. The number of nitrogens with zero attached hydrogens (tertiary/aromatic N) is 4. The molecular formula is C19H20N4O5S. The molecule has 0 unspecified atom stereocenters. The summed E-state index contributed by atoms with van der Waals surface area (Å²) in [5.74, 6) is 1.24. The Hall–Kier alpha value is -3.40. The summed E-state index contributed by atoms with van der Waals surface area (Å²) in [7, 11) is 3.18. The first-order valence-electron chi connectivity index (χ1n) is 8.68. The van der Waals surface area contributed by atoms with E-state index in [1.807, 2.05) is 37.4 Å². The van der Waals surface area contributed by atoms with Gasteiger partial charge in [-0.25, -0.2) is 4.68 Å². The van der Waals surface area contributed by atoms with Crippen molar-refractivity contribution in [2.45, 2.75) is 19.9 Å². The van der Waals surface area contributed by atoms with Gasteiger partial charge in [-0.3, -0.25) is 15.1 Å². The highest BCUT2D eigenvalue weighted by molar-refractivity contribution is 7.07. The second-order valence-electron chi connectivity index (χ2n) is 6.18. The van der Waals surface area contributed by atoms with Crippen LogP contribution in [0.15, 0.2) is 50.2 Å². The Kier molecular flexibility index (Phi) is 6.13. The summed E-state index contributed by atoms with van der Waals surface area (Å²) < 4.78 is 17.6. The first kappa shape index (κ1) is 20.3. The summed E-state index contributed by atoms with van der Waals surface area (Å²) in [6.07, 6.45) is 1.41. The van der Waals surface area contributed by atoms with Crippen molar-refractivity contribution in [2.24, 2.45) is 10.1 Å². The minimum atomic E-state index is -0.596. The van der Waals surface area contributed by atoms with E-state index in [1.165, 1.54) is 29.7 Å². The van der Waals surface area contributed by atoms with Crippen molar-refractivity contribution in [2.75, 3.05) is 14.2 Å². The summed E-state index contributed by atoms with van der Waals surface area (Å²) in [5, 5.41) is 17.2. The third-order valence-corrected chi connectivity index (χ3v) is 4.66. The number of benzene rings is 1. The maximum atomic E-state index is 10.8. The summed E-state index contributed by atoms with van der Waals surface area (Å²) in [6.45, 7) is 3.94. The molecule has 0 aliphatic heterocycles. The molecule has 0 aliphatic rings. The van der Waals surface area contributed by atoms with Crippen LogP contribution < -0.4 is 14.3 Å². The van der Waals surface area contributed by atoms with Gasteiger partial charge >= 0.3 is 5.88 Å². The summed E-state index contributed by atoms with van der Waals surface area (Å²) in [5.41, 5.74) is 1.51. The quantitative estimate of drug-likeness (QED) is 0.330. The number of methoxy groups -OCH3 is 2. The third-order valence-electron chi connectivity index (χ3n) is 3.83. The van der Waals surface area contributed by atoms with Crippen LogP contribution in [0.4, 0.5) is 5.88 Å². The van der Waals surface area contributed by atoms with Crippen molar-refractivity contribution in [3.05, 3.63) is 56.4 Å². The fraction of sp³-hybridized carbons (Fsp3) is 0.263. The normalized spacial score (nSPS) is 12.1. The lowest BCUT2D eigenvalue weighted by atomic mass is 10.1. The number of aromatic nitrogens is 1. The lowest BCUT2D eigenvalue weighted by Gasteiger charge is -2.11. The van der Waals surface area contributed by atoms with Gasteiger partial charge in [0.05, 0.1) is 32.2 Å². The minimum absolute atomic E-state index is 0.0554. The second-order valence-corrected chi connectivity index (χ2v) is 7.02. The van der Waals surface area contributed by atoms with E-state index in [0.717, 1.165) is 11.3 Å². The van der Waals surface area contributed by atoms with Crippen molar-refractivity contribution >= 4 is 23.4 Å². The van der Waals surface area contributed by atoms with E-state index in [0.29, 0.717) is 16.3 Å². The van der Waals surface area contributed by atoms with Crippen LogP contribution in [0.25, 0.3) is 11.3 Å². The van der Waals surface area contributed by atoms with E-state index < -0.39 is 4.92 Å². The molecule has 3 aromatic rings. The highest BCUT2D eigenvalue weighted by Crippen LogP contribution is 2.33. The number of hydrogen-bond acceptors (Lipinski definition) is 8. The maximum Gasteiger partial charge on any atom is 0.433 e. The molecule has 0 spiro atoms. The minimum Gasteiger partial charge on any atom is -0.497 e. The van der Waals surface area contributed by atoms with Gasteiger partial charge in [0.1, 0.15) is 16.4 Å². The zero-order valence-electron chi connectivity index (χ0n) is 16.4. The van der Waals surface area contributed by atoms with E-state index in [1.54, 1.807) is 18.9 Å². The number of thiazole rings is 1. The molecule has 10 heteroatoms. The Bertz CT molecular complexity index is 1110. The monoisotopic (exact) mass is 416 g/mol. The third kappa shape index (κ3) is 4.54. The van der Waals surface area contributed by atoms with Gasteiger partial charge in [-0.2, -0.15) is 5.10 Å². The molecule has 2 heterocycles. The van der Waals surface area contributed by atoms with E-state index >= 15 is 0 Å². The molecule has 152 valence electrons. The standard InChI is InChI=1S/C19H20N4O5S/c1-12(2)21-19-22(20-10-14-6-8-18(28-14)23(24)25)16(11-29-19)15-9-13(26-3)5-7-17(15)27-4/h5-12H,1-4H3. The molecule has 9 nitrogen and oxygen atoms in total. The van der Waals surface area contributed by atoms with Crippen molar-refractivity contribution in [3.8, 4) is 22.8 Å². The van der Waals surface area contributed by atoms with E-state index in [-0.39, 0.29) is 17.7 Å². The number of hydrogen-bond donors (Lipinski definition) is 0. The molecule has 1 aromatic carbocycles. The number of furan rings is 1. The fourth-order valence-corrected chi connectivity index (χ4v) is 3.51.